The molecule has 2 heteroatoms. The SMILES string of the molecule is CC(C)c1ccc(-n2c3ccc(-c4ccc(C(CC(C)(C)C)C(C)(C)C)cc4)cc3c3cc(-c4ccc(N(c5ccccc5)c5ccccc5)cc4)ccc32)cc1. The van der Waals surface area contributed by atoms with Crippen LogP contribution in [0.5, 0.6) is 0 Å². The van der Waals surface area contributed by atoms with Gasteiger partial charge in [0.2, 0.25) is 0 Å². The second kappa shape index (κ2) is 15.2. The summed E-state index contributed by atoms with van der Waals surface area (Å²) < 4.78 is 2.44. The summed E-state index contributed by atoms with van der Waals surface area (Å²) in [5.74, 6) is 0.973. The van der Waals surface area contributed by atoms with Gasteiger partial charge in [0.1, 0.15) is 0 Å². The van der Waals surface area contributed by atoms with E-state index in [2.05, 4.69) is 235 Å². The number of fused-ring (bicyclic) bond motifs is 3. The quantitative estimate of drug-likeness (QED) is 0.143. The minimum atomic E-state index is 0.185. The number of anilines is 3. The molecule has 8 rings (SSSR count). The van der Waals surface area contributed by atoms with Crippen LogP contribution in [0.3, 0.4) is 0 Å². The molecule has 0 radical (unpaired) electrons. The largest absolute Gasteiger partial charge is 0.311 e. The molecule has 0 fully saturated rings. The van der Waals surface area contributed by atoms with E-state index in [1.165, 1.54) is 60.9 Å². The van der Waals surface area contributed by atoms with Gasteiger partial charge in [0.15, 0.2) is 0 Å². The molecule has 8 aromatic rings. The fourth-order valence-corrected chi connectivity index (χ4v) is 8.52. The summed E-state index contributed by atoms with van der Waals surface area (Å²) in [5, 5.41) is 2.52. The van der Waals surface area contributed by atoms with E-state index in [1.807, 2.05) is 0 Å². The Morgan fingerprint density at radius 1 is 0.456 bits per heavy atom. The molecular weight excluding hydrogens is 689 g/mol. The first-order chi connectivity index (χ1) is 27.3. The second-order valence-corrected chi connectivity index (χ2v) is 18.4. The van der Waals surface area contributed by atoms with Crippen molar-refractivity contribution in [1.29, 1.82) is 0 Å². The highest BCUT2D eigenvalue weighted by Gasteiger charge is 2.30. The molecule has 0 spiro atoms. The van der Waals surface area contributed by atoms with Gasteiger partial charge in [0.05, 0.1) is 11.0 Å². The lowest BCUT2D eigenvalue weighted by molar-refractivity contribution is 0.229. The molecule has 286 valence electrons. The Balaban J connectivity index is 1.22. The van der Waals surface area contributed by atoms with Crippen molar-refractivity contribution >= 4 is 38.9 Å². The van der Waals surface area contributed by atoms with Crippen molar-refractivity contribution < 1.29 is 0 Å². The molecule has 0 bridgehead atoms. The summed E-state index contributed by atoms with van der Waals surface area (Å²) in [6.45, 7) is 18.7. The van der Waals surface area contributed by atoms with Crippen molar-refractivity contribution in [3.8, 4) is 27.9 Å². The number of para-hydroxylation sites is 2. The molecular formula is C55H56N2. The standard InChI is InChI=1S/C55H56N2/c1-38(2)39-23-29-48(30-24-39)57-52-33-27-43(40-19-21-42(22-20-40)51(55(6,7)8)37-54(3,4)5)35-49(52)50-36-44(28-34-53(50)57)41-25-31-47(32-26-41)56(45-15-11-9-12-16-45)46-17-13-10-14-18-46/h9-36,38,51H,37H2,1-8H3. The third-order valence-electron chi connectivity index (χ3n) is 11.6. The van der Waals surface area contributed by atoms with E-state index in [0.29, 0.717) is 11.8 Å². The van der Waals surface area contributed by atoms with Gasteiger partial charge >= 0.3 is 0 Å². The second-order valence-electron chi connectivity index (χ2n) is 18.4. The highest BCUT2D eigenvalue weighted by Crippen LogP contribution is 2.44. The third-order valence-corrected chi connectivity index (χ3v) is 11.6. The van der Waals surface area contributed by atoms with Gasteiger partial charge in [-0.05, 0) is 135 Å². The van der Waals surface area contributed by atoms with Gasteiger partial charge in [0, 0.05) is 33.5 Å². The predicted molar refractivity (Wildman–Crippen MR) is 247 cm³/mol. The maximum absolute atomic E-state index is 2.44. The molecule has 0 aliphatic rings. The molecule has 0 saturated heterocycles. The molecule has 0 amide bonds. The fourth-order valence-electron chi connectivity index (χ4n) is 8.52. The van der Waals surface area contributed by atoms with E-state index < -0.39 is 0 Å². The van der Waals surface area contributed by atoms with Crippen LogP contribution in [-0.2, 0) is 0 Å². The van der Waals surface area contributed by atoms with E-state index in [0.717, 1.165) is 23.5 Å². The van der Waals surface area contributed by atoms with Gasteiger partial charge in [-0.2, -0.15) is 0 Å². The van der Waals surface area contributed by atoms with Crippen molar-refractivity contribution in [1.82, 2.24) is 4.57 Å². The van der Waals surface area contributed by atoms with Gasteiger partial charge in [-0.25, -0.2) is 0 Å². The summed E-state index contributed by atoms with van der Waals surface area (Å²) in [6.07, 6.45) is 1.16. The van der Waals surface area contributed by atoms with Gasteiger partial charge in [-0.1, -0.05) is 152 Å². The number of hydrogen-bond acceptors (Lipinski definition) is 1. The molecule has 57 heavy (non-hydrogen) atoms. The Labute approximate surface area is 340 Å². The van der Waals surface area contributed by atoms with Crippen LogP contribution in [0.4, 0.5) is 17.1 Å². The van der Waals surface area contributed by atoms with Crippen molar-refractivity contribution in [3.63, 3.8) is 0 Å². The van der Waals surface area contributed by atoms with Gasteiger partial charge < -0.3 is 9.47 Å². The van der Waals surface area contributed by atoms with Crippen LogP contribution in [0.2, 0.25) is 0 Å². The lowest BCUT2D eigenvalue weighted by Crippen LogP contribution is -2.23. The summed E-state index contributed by atoms with van der Waals surface area (Å²) in [7, 11) is 0. The zero-order chi connectivity index (χ0) is 39.9. The van der Waals surface area contributed by atoms with E-state index >= 15 is 0 Å². The van der Waals surface area contributed by atoms with Crippen LogP contribution >= 0.6 is 0 Å². The Kier molecular flexibility index (Phi) is 10.2. The van der Waals surface area contributed by atoms with Crippen molar-refractivity contribution in [3.05, 3.63) is 181 Å². The molecule has 0 aliphatic carbocycles. The first-order valence-corrected chi connectivity index (χ1v) is 20.6. The number of aromatic nitrogens is 1. The molecule has 1 unspecified atom stereocenters. The summed E-state index contributed by atoms with van der Waals surface area (Å²) in [4.78, 5) is 2.31. The van der Waals surface area contributed by atoms with Gasteiger partial charge in [-0.15, -0.1) is 0 Å². The van der Waals surface area contributed by atoms with Crippen LogP contribution in [-0.4, -0.2) is 4.57 Å². The summed E-state index contributed by atoms with van der Waals surface area (Å²) >= 11 is 0. The van der Waals surface area contributed by atoms with Crippen LogP contribution in [0, 0.1) is 10.8 Å². The van der Waals surface area contributed by atoms with Crippen molar-refractivity contribution in [2.45, 2.75) is 73.6 Å². The van der Waals surface area contributed by atoms with Crippen LogP contribution in [0.15, 0.2) is 170 Å². The number of hydrogen-bond donors (Lipinski definition) is 0. The molecule has 7 aromatic carbocycles. The average molecular weight is 745 g/mol. The first-order valence-electron chi connectivity index (χ1n) is 20.6. The molecule has 1 aromatic heterocycles. The molecule has 0 aliphatic heterocycles. The number of rotatable bonds is 9. The van der Waals surface area contributed by atoms with E-state index in [4.69, 9.17) is 0 Å². The Morgan fingerprint density at radius 2 is 0.877 bits per heavy atom. The van der Waals surface area contributed by atoms with E-state index in [-0.39, 0.29) is 10.8 Å². The lowest BCUT2D eigenvalue weighted by atomic mass is 9.69. The maximum atomic E-state index is 2.44. The highest BCUT2D eigenvalue weighted by atomic mass is 15.1. The van der Waals surface area contributed by atoms with Crippen LogP contribution in [0.25, 0.3) is 49.7 Å². The maximum Gasteiger partial charge on any atom is 0.0541 e. The topological polar surface area (TPSA) is 8.17 Å². The van der Waals surface area contributed by atoms with Crippen molar-refractivity contribution in [2.75, 3.05) is 4.90 Å². The Morgan fingerprint density at radius 3 is 1.32 bits per heavy atom. The smallest absolute Gasteiger partial charge is 0.0541 e. The Bertz CT molecular complexity index is 2560. The predicted octanol–water partition coefficient (Wildman–Crippen LogP) is 16.3. The summed E-state index contributed by atoms with van der Waals surface area (Å²) in [5.41, 5.74) is 15.1. The molecule has 0 N–H and O–H groups in total. The molecule has 1 heterocycles. The van der Waals surface area contributed by atoms with E-state index in [9.17, 15) is 0 Å². The Hall–Kier alpha value is -5.86. The normalized spacial score (nSPS) is 12.7. The van der Waals surface area contributed by atoms with Gasteiger partial charge in [-0.3, -0.25) is 0 Å². The zero-order valence-electron chi connectivity index (χ0n) is 34.9. The van der Waals surface area contributed by atoms with Crippen LogP contribution in [0.1, 0.15) is 84.8 Å². The van der Waals surface area contributed by atoms with Gasteiger partial charge in [0.25, 0.3) is 0 Å². The first kappa shape index (κ1) is 38.0. The monoisotopic (exact) mass is 744 g/mol. The third kappa shape index (κ3) is 7.92. The lowest BCUT2D eigenvalue weighted by Gasteiger charge is -2.36. The summed E-state index contributed by atoms with van der Waals surface area (Å²) in [6, 6.07) is 62.8. The number of nitrogens with zero attached hydrogens (tertiary/aromatic N) is 2. The average Bonchev–Trinajstić information content (AvgIpc) is 3.53. The molecule has 2 nitrogen and oxygen atoms in total. The highest BCUT2D eigenvalue weighted by molar-refractivity contribution is 6.11. The fraction of sp³-hybridized carbons (Fsp3) is 0.236. The number of benzene rings is 7. The minimum Gasteiger partial charge on any atom is -0.311 e. The van der Waals surface area contributed by atoms with Crippen molar-refractivity contribution in [2.24, 2.45) is 10.8 Å². The zero-order valence-corrected chi connectivity index (χ0v) is 34.9. The molecule has 0 saturated carbocycles. The molecule has 1 atom stereocenters. The van der Waals surface area contributed by atoms with Crippen LogP contribution < -0.4 is 4.90 Å². The van der Waals surface area contributed by atoms with E-state index in [1.54, 1.807) is 0 Å². The minimum absolute atomic E-state index is 0.185.